The molecule has 0 amide bonds. The predicted molar refractivity (Wildman–Crippen MR) is 89.2 cm³/mol. The molecule has 1 aromatic carbocycles. The van der Waals surface area contributed by atoms with E-state index < -0.39 is 0 Å². The van der Waals surface area contributed by atoms with Crippen molar-refractivity contribution in [2.24, 2.45) is 0 Å². The van der Waals surface area contributed by atoms with Gasteiger partial charge in [-0.15, -0.1) is 10.2 Å². The summed E-state index contributed by atoms with van der Waals surface area (Å²) in [6.07, 6.45) is 3.83. The van der Waals surface area contributed by atoms with E-state index in [9.17, 15) is 4.39 Å². The van der Waals surface area contributed by atoms with Crippen molar-refractivity contribution in [1.82, 2.24) is 20.2 Å². The topological polar surface area (TPSA) is 51.6 Å². The highest BCUT2D eigenvalue weighted by molar-refractivity contribution is 8.03. The van der Waals surface area contributed by atoms with Crippen LogP contribution in [0.5, 0.6) is 0 Å². The van der Waals surface area contributed by atoms with Crippen LogP contribution in [0, 0.1) is 5.82 Å². The van der Waals surface area contributed by atoms with Crippen LogP contribution >= 0.6 is 34.9 Å². The first kappa shape index (κ1) is 15.6. The van der Waals surface area contributed by atoms with Crippen LogP contribution in [0.2, 0.25) is 0 Å². The Morgan fingerprint density at radius 2 is 2.05 bits per heavy atom. The summed E-state index contributed by atoms with van der Waals surface area (Å²) in [5.74, 6) is 0.759. The van der Waals surface area contributed by atoms with Crippen LogP contribution in [0.1, 0.15) is 19.8 Å². The van der Waals surface area contributed by atoms with Crippen molar-refractivity contribution >= 4 is 45.8 Å². The summed E-state index contributed by atoms with van der Waals surface area (Å²) in [5, 5.41) is 9.75. The summed E-state index contributed by atoms with van der Waals surface area (Å²) in [6.45, 7) is 2.17. The van der Waals surface area contributed by atoms with Gasteiger partial charge in [0.2, 0.25) is 0 Å². The van der Waals surface area contributed by atoms with Crippen molar-refractivity contribution in [3.63, 3.8) is 0 Å². The van der Waals surface area contributed by atoms with Crippen LogP contribution in [0.3, 0.4) is 0 Å². The molecule has 0 spiro atoms. The molecule has 0 N–H and O–H groups in total. The monoisotopic (exact) mass is 352 g/mol. The molecule has 0 unspecified atom stereocenters. The van der Waals surface area contributed by atoms with Crippen molar-refractivity contribution < 1.29 is 4.39 Å². The van der Waals surface area contributed by atoms with Gasteiger partial charge in [0.05, 0.1) is 5.52 Å². The van der Waals surface area contributed by atoms with Crippen LogP contribution in [0.25, 0.3) is 10.9 Å². The lowest BCUT2D eigenvalue weighted by Gasteiger charge is -2.02. The highest BCUT2D eigenvalue weighted by Crippen LogP contribution is 2.35. The molecule has 2 aromatic heterocycles. The number of unbranched alkanes of at least 4 members (excludes halogenated alkanes) is 1. The van der Waals surface area contributed by atoms with E-state index >= 15 is 0 Å². The average molecular weight is 352 g/mol. The number of benzene rings is 1. The molecule has 0 radical (unpaired) electrons. The Morgan fingerprint density at radius 1 is 1.18 bits per heavy atom. The molecule has 3 aromatic rings. The third-order valence-electron chi connectivity index (χ3n) is 2.86. The molecular weight excluding hydrogens is 339 g/mol. The number of hydrogen-bond donors (Lipinski definition) is 0. The highest BCUT2D eigenvalue weighted by atomic mass is 32.2. The number of thioether (sulfide) groups is 1. The van der Waals surface area contributed by atoms with Crippen LogP contribution in [0.15, 0.2) is 38.2 Å². The van der Waals surface area contributed by atoms with E-state index in [0.717, 1.165) is 19.9 Å². The second-order valence-corrected chi connectivity index (χ2v) is 8.03. The lowest BCUT2D eigenvalue weighted by molar-refractivity contribution is 0.629. The molecule has 0 aliphatic carbocycles. The molecule has 0 saturated carbocycles. The Morgan fingerprint density at radius 3 is 2.91 bits per heavy atom. The maximum absolute atomic E-state index is 13.4. The molecule has 8 heteroatoms. The Bertz CT molecular complexity index is 778. The summed E-state index contributed by atoms with van der Waals surface area (Å²) in [7, 11) is 0. The minimum absolute atomic E-state index is 0.294. The fourth-order valence-corrected chi connectivity index (χ4v) is 4.93. The van der Waals surface area contributed by atoms with Crippen molar-refractivity contribution in [2.45, 2.75) is 33.5 Å². The van der Waals surface area contributed by atoms with Crippen molar-refractivity contribution in [2.75, 3.05) is 5.75 Å². The fourth-order valence-electron chi connectivity index (χ4n) is 1.77. The van der Waals surface area contributed by atoms with Crippen molar-refractivity contribution in [3.8, 4) is 0 Å². The Balaban J connectivity index is 1.80. The second kappa shape index (κ2) is 7.34. The van der Waals surface area contributed by atoms with E-state index in [1.54, 1.807) is 29.2 Å². The van der Waals surface area contributed by atoms with E-state index in [1.165, 1.54) is 43.1 Å². The largest absolute Gasteiger partial charge is 0.236 e. The summed E-state index contributed by atoms with van der Waals surface area (Å²) in [5.41, 5.74) is 0.723. The molecule has 0 fully saturated rings. The number of fused-ring (bicyclic) bond motifs is 1. The van der Waals surface area contributed by atoms with Gasteiger partial charge in [-0.2, -0.15) is 0 Å². The molecule has 0 aliphatic rings. The quantitative estimate of drug-likeness (QED) is 0.365. The first-order valence-corrected chi connectivity index (χ1v) is 9.42. The Labute approximate surface area is 140 Å². The van der Waals surface area contributed by atoms with E-state index in [1.807, 2.05) is 0 Å². The molecule has 0 saturated heterocycles. The molecular formula is C14H13FN4S3. The molecule has 0 aliphatic heterocycles. The smallest absolute Gasteiger partial charge is 0.181 e. The summed E-state index contributed by atoms with van der Waals surface area (Å²) >= 11 is 4.66. The van der Waals surface area contributed by atoms with E-state index in [4.69, 9.17) is 0 Å². The predicted octanol–water partition coefficient (Wildman–Crippen LogP) is 4.66. The van der Waals surface area contributed by atoms with Crippen LogP contribution in [0.4, 0.5) is 4.39 Å². The van der Waals surface area contributed by atoms with Crippen LogP contribution in [-0.2, 0) is 0 Å². The molecule has 3 rings (SSSR count). The fraction of sp³-hybridized carbons (Fsp3) is 0.286. The molecule has 0 bridgehead atoms. The summed E-state index contributed by atoms with van der Waals surface area (Å²) in [6, 6.07) is 4.51. The number of hydrogen-bond acceptors (Lipinski definition) is 7. The third-order valence-corrected chi connectivity index (χ3v) is 6.07. The van der Waals surface area contributed by atoms with E-state index in [0.29, 0.717) is 10.4 Å². The van der Waals surface area contributed by atoms with Gasteiger partial charge in [0.15, 0.2) is 8.68 Å². The number of nitrogens with zero attached hydrogens (tertiary/aromatic N) is 4. The molecule has 0 atom stereocenters. The van der Waals surface area contributed by atoms with Gasteiger partial charge in [0.25, 0.3) is 0 Å². The average Bonchev–Trinajstić information content (AvgIpc) is 2.96. The zero-order chi connectivity index (χ0) is 15.4. The SMILES string of the molecule is CCCCSc1nnc(Sc2ncnc3ccc(F)cc23)s1. The van der Waals surface area contributed by atoms with Crippen LogP contribution < -0.4 is 0 Å². The Kier molecular flexibility index (Phi) is 5.22. The highest BCUT2D eigenvalue weighted by Gasteiger charge is 2.11. The lowest BCUT2D eigenvalue weighted by atomic mass is 10.2. The minimum Gasteiger partial charge on any atom is -0.236 e. The van der Waals surface area contributed by atoms with E-state index in [-0.39, 0.29) is 5.82 Å². The normalized spacial score (nSPS) is 11.2. The van der Waals surface area contributed by atoms with Gasteiger partial charge < -0.3 is 0 Å². The third kappa shape index (κ3) is 3.74. The molecule has 4 nitrogen and oxygen atoms in total. The van der Waals surface area contributed by atoms with Gasteiger partial charge in [-0.3, -0.25) is 0 Å². The summed E-state index contributed by atoms with van der Waals surface area (Å²) in [4.78, 5) is 8.40. The van der Waals surface area contributed by atoms with Gasteiger partial charge in [0.1, 0.15) is 17.2 Å². The van der Waals surface area contributed by atoms with Crippen molar-refractivity contribution in [1.29, 1.82) is 0 Å². The number of halogens is 1. The van der Waals surface area contributed by atoms with Gasteiger partial charge in [-0.25, -0.2) is 14.4 Å². The lowest BCUT2D eigenvalue weighted by Crippen LogP contribution is -1.87. The first-order chi connectivity index (χ1) is 10.8. The number of rotatable bonds is 6. The van der Waals surface area contributed by atoms with Crippen LogP contribution in [-0.4, -0.2) is 25.9 Å². The minimum atomic E-state index is -0.294. The summed E-state index contributed by atoms with van der Waals surface area (Å²) < 4.78 is 15.2. The maximum atomic E-state index is 13.4. The van der Waals surface area contributed by atoms with Crippen molar-refractivity contribution in [3.05, 3.63) is 30.3 Å². The second-order valence-electron chi connectivity index (χ2n) is 4.48. The van der Waals surface area contributed by atoms with Gasteiger partial charge >= 0.3 is 0 Å². The maximum Gasteiger partial charge on any atom is 0.181 e. The molecule has 114 valence electrons. The standard InChI is InChI=1S/C14H13FN4S3/c1-2-3-6-20-13-18-19-14(22-13)21-12-10-7-9(15)4-5-11(10)16-8-17-12/h4-5,7-8H,2-3,6H2,1H3. The van der Waals surface area contributed by atoms with Gasteiger partial charge in [-0.05, 0) is 36.4 Å². The molecule has 2 heterocycles. The molecule has 22 heavy (non-hydrogen) atoms. The Hall–Kier alpha value is -1.25. The van der Waals surface area contributed by atoms with Gasteiger partial charge in [-0.1, -0.05) is 36.4 Å². The van der Waals surface area contributed by atoms with Gasteiger partial charge in [0, 0.05) is 11.1 Å². The number of aromatic nitrogens is 4. The van der Waals surface area contributed by atoms with E-state index in [2.05, 4.69) is 27.1 Å². The zero-order valence-corrected chi connectivity index (χ0v) is 14.3. The first-order valence-electron chi connectivity index (χ1n) is 6.80. The zero-order valence-electron chi connectivity index (χ0n) is 11.8.